The summed E-state index contributed by atoms with van der Waals surface area (Å²) in [4.78, 5) is 3.36. The maximum atomic E-state index is 9.20. The van der Waals surface area contributed by atoms with Crippen molar-refractivity contribution in [3.8, 4) is 6.07 Å². The van der Waals surface area contributed by atoms with Gasteiger partial charge in [0.15, 0.2) is 0 Å². The van der Waals surface area contributed by atoms with Crippen molar-refractivity contribution in [2.24, 2.45) is 5.73 Å². The Bertz CT molecular complexity index is 597. The first-order valence-corrected chi connectivity index (χ1v) is 7.03. The van der Waals surface area contributed by atoms with Gasteiger partial charge in [0.2, 0.25) is 0 Å². The average molecular weight is 271 g/mol. The molecule has 0 aliphatic heterocycles. The summed E-state index contributed by atoms with van der Waals surface area (Å²) in [6.45, 7) is 2.62. The van der Waals surface area contributed by atoms with Crippen molar-refractivity contribution in [3.63, 3.8) is 0 Å². The van der Waals surface area contributed by atoms with Crippen LogP contribution < -0.4 is 10.6 Å². The molecule has 1 heterocycles. The molecule has 1 aromatic heterocycles. The Morgan fingerprint density at radius 2 is 2.11 bits per heavy atom. The van der Waals surface area contributed by atoms with E-state index in [1.54, 1.807) is 11.3 Å². The fraction of sp³-hybridized carbons (Fsp3) is 0.267. The maximum absolute atomic E-state index is 9.20. The molecular weight excluding hydrogens is 254 g/mol. The Hall–Kier alpha value is -1.83. The second-order valence-electron chi connectivity index (χ2n) is 4.46. The summed E-state index contributed by atoms with van der Waals surface area (Å²) in [5.41, 5.74) is 8.80. The first-order chi connectivity index (χ1) is 9.19. The topological polar surface area (TPSA) is 53.0 Å². The van der Waals surface area contributed by atoms with Crippen molar-refractivity contribution in [1.82, 2.24) is 0 Å². The minimum absolute atomic E-state index is 0.106. The molecule has 0 radical (unpaired) electrons. The standard InChI is InChI=1S/C15H17N3S/c1-11-7-8-19-15(11)14(10-17)18(2)13-6-4-3-5-12(13)9-16/h3-8,14H,10,17H2,1-2H3. The van der Waals surface area contributed by atoms with E-state index < -0.39 is 0 Å². The Morgan fingerprint density at radius 3 is 2.68 bits per heavy atom. The number of hydrogen-bond acceptors (Lipinski definition) is 4. The van der Waals surface area contributed by atoms with Crippen molar-refractivity contribution in [2.75, 3.05) is 18.5 Å². The summed E-state index contributed by atoms with van der Waals surface area (Å²) >= 11 is 1.71. The highest BCUT2D eigenvalue weighted by Gasteiger charge is 2.20. The predicted molar refractivity (Wildman–Crippen MR) is 80.4 cm³/mol. The smallest absolute Gasteiger partial charge is 0.101 e. The maximum Gasteiger partial charge on any atom is 0.101 e. The molecule has 1 aromatic carbocycles. The number of nitrogens with two attached hydrogens (primary N) is 1. The molecule has 0 amide bonds. The number of para-hydroxylation sites is 1. The summed E-state index contributed by atoms with van der Waals surface area (Å²) in [7, 11) is 1.99. The van der Waals surface area contributed by atoms with Gasteiger partial charge in [-0.25, -0.2) is 0 Å². The quantitative estimate of drug-likeness (QED) is 0.929. The molecule has 0 aliphatic carbocycles. The Balaban J connectivity index is 2.39. The molecule has 1 unspecified atom stereocenters. The van der Waals surface area contributed by atoms with Crippen molar-refractivity contribution in [2.45, 2.75) is 13.0 Å². The summed E-state index contributed by atoms with van der Waals surface area (Å²) in [5.74, 6) is 0. The van der Waals surface area contributed by atoms with Gasteiger partial charge < -0.3 is 10.6 Å². The summed E-state index contributed by atoms with van der Waals surface area (Å²) < 4.78 is 0. The highest BCUT2D eigenvalue weighted by molar-refractivity contribution is 7.10. The second-order valence-corrected chi connectivity index (χ2v) is 5.41. The third kappa shape index (κ3) is 2.62. The Kier molecular flexibility index (Phi) is 4.20. The van der Waals surface area contributed by atoms with E-state index in [2.05, 4.69) is 29.3 Å². The molecule has 3 nitrogen and oxygen atoms in total. The van der Waals surface area contributed by atoms with Crippen LogP contribution in [0.4, 0.5) is 5.69 Å². The third-order valence-electron chi connectivity index (χ3n) is 3.30. The van der Waals surface area contributed by atoms with Crippen LogP contribution in [0.15, 0.2) is 35.7 Å². The third-order valence-corrected chi connectivity index (χ3v) is 4.42. The zero-order valence-electron chi connectivity index (χ0n) is 11.1. The number of hydrogen-bond donors (Lipinski definition) is 1. The molecule has 0 saturated carbocycles. The van der Waals surface area contributed by atoms with Crippen LogP contribution in [-0.4, -0.2) is 13.6 Å². The zero-order valence-corrected chi connectivity index (χ0v) is 11.9. The van der Waals surface area contributed by atoms with Gasteiger partial charge >= 0.3 is 0 Å². The molecule has 0 aliphatic rings. The zero-order chi connectivity index (χ0) is 13.8. The van der Waals surface area contributed by atoms with Gasteiger partial charge in [-0.3, -0.25) is 0 Å². The fourth-order valence-electron chi connectivity index (χ4n) is 2.21. The Labute approximate surface area is 117 Å². The van der Waals surface area contributed by atoms with Crippen molar-refractivity contribution in [1.29, 1.82) is 5.26 Å². The van der Waals surface area contributed by atoms with Gasteiger partial charge in [0.1, 0.15) is 6.07 Å². The van der Waals surface area contributed by atoms with E-state index in [9.17, 15) is 5.26 Å². The number of benzene rings is 1. The lowest BCUT2D eigenvalue weighted by Crippen LogP contribution is -2.30. The number of likely N-dealkylation sites (N-methyl/N-ethyl adjacent to an activating group) is 1. The van der Waals surface area contributed by atoms with Crippen LogP contribution in [0.3, 0.4) is 0 Å². The van der Waals surface area contributed by atoms with E-state index in [0.717, 1.165) is 5.69 Å². The van der Waals surface area contributed by atoms with E-state index in [1.165, 1.54) is 10.4 Å². The molecule has 19 heavy (non-hydrogen) atoms. The molecule has 0 saturated heterocycles. The minimum atomic E-state index is 0.106. The minimum Gasteiger partial charge on any atom is -0.364 e. The van der Waals surface area contributed by atoms with Crippen LogP contribution in [0.5, 0.6) is 0 Å². The summed E-state index contributed by atoms with van der Waals surface area (Å²) in [5, 5.41) is 11.3. The van der Waals surface area contributed by atoms with Gasteiger partial charge in [-0.1, -0.05) is 12.1 Å². The van der Waals surface area contributed by atoms with Crippen LogP contribution in [0.25, 0.3) is 0 Å². The SMILES string of the molecule is Cc1ccsc1C(CN)N(C)c1ccccc1C#N. The molecule has 2 aromatic rings. The molecule has 1 atom stereocenters. The normalized spacial score (nSPS) is 11.9. The van der Waals surface area contributed by atoms with Crippen molar-refractivity contribution >= 4 is 17.0 Å². The van der Waals surface area contributed by atoms with Crippen LogP contribution >= 0.6 is 11.3 Å². The molecule has 0 spiro atoms. The average Bonchev–Trinajstić information content (AvgIpc) is 2.86. The number of rotatable bonds is 4. The number of nitriles is 1. The number of thiophene rings is 1. The van der Waals surface area contributed by atoms with Gasteiger partial charge in [0.25, 0.3) is 0 Å². The van der Waals surface area contributed by atoms with Crippen LogP contribution in [0.1, 0.15) is 22.0 Å². The molecule has 2 N–H and O–H groups in total. The molecular formula is C15H17N3S. The second kappa shape index (κ2) is 5.87. The van der Waals surface area contributed by atoms with Gasteiger partial charge in [0.05, 0.1) is 17.3 Å². The molecule has 0 bridgehead atoms. The van der Waals surface area contributed by atoms with E-state index >= 15 is 0 Å². The monoisotopic (exact) mass is 271 g/mol. The number of aryl methyl sites for hydroxylation is 1. The summed E-state index contributed by atoms with van der Waals surface area (Å²) in [6.07, 6.45) is 0. The number of anilines is 1. The fourth-order valence-corrected chi connectivity index (χ4v) is 3.29. The lowest BCUT2D eigenvalue weighted by molar-refractivity contribution is 0.688. The van der Waals surface area contributed by atoms with Crippen molar-refractivity contribution < 1.29 is 0 Å². The number of nitrogens with zero attached hydrogens (tertiary/aromatic N) is 2. The van der Waals surface area contributed by atoms with E-state index in [4.69, 9.17) is 5.73 Å². The lowest BCUT2D eigenvalue weighted by Gasteiger charge is -2.29. The Morgan fingerprint density at radius 1 is 1.37 bits per heavy atom. The molecule has 0 fully saturated rings. The van der Waals surface area contributed by atoms with Gasteiger partial charge in [0, 0.05) is 18.5 Å². The van der Waals surface area contributed by atoms with Crippen LogP contribution in [0.2, 0.25) is 0 Å². The lowest BCUT2D eigenvalue weighted by atomic mass is 10.1. The highest BCUT2D eigenvalue weighted by atomic mass is 32.1. The van der Waals surface area contributed by atoms with Gasteiger partial charge in [-0.15, -0.1) is 11.3 Å². The predicted octanol–water partition coefficient (Wildman–Crippen LogP) is 3.06. The van der Waals surface area contributed by atoms with Crippen molar-refractivity contribution in [3.05, 3.63) is 51.7 Å². The highest BCUT2D eigenvalue weighted by Crippen LogP contribution is 2.32. The summed E-state index contributed by atoms with van der Waals surface area (Å²) in [6, 6.07) is 12.1. The molecule has 98 valence electrons. The largest absolute Gasteiger partial charge is 0.364 e. The molecule has 2 rings (SSSR count). The van der Waals surface area contributed by atoms with E-state index in [1.807, 2.05) is 31.3 Å². The van der Waals surface area contributed by atoms with Gasteiger partial charge in [-0.05, 0) is 36.1 Å². The molecule has 4 heteroatoms. The van der Waals surface area contributed by atoms with E-state index in [0.29, 0.717) is 12.1 Å². The van der Waals surface area contributed by atoms with Crippen LogP contribution in [0, 0.1) is 18.3 Å². The first kappa shape index (κ1) is 13.6. The van der Waals surface area contributed by atoms with E-state index in [-0.39, 0.29) is 6.04 Å². The van der Waals surface area contributed by atoms with Gasteiger partial charge in [-0.2, -0.15) is 5.26 Å². The van der Waals surface area contributed by atoms with Crippen LogP contribution in [-0.2, 0) is 0 Å². The first-order valence-electron chi connectivity index (χ1n) is 6.15.